The molecule has 4 nitrogen and oxygen atoms in total. The molecule has 0 bridgehead atoms. The lowest BCUT2D eigenvalue weighted by molar-refractivity contribution is 0.0948. The van der Waals surface area contributed by atoms with Gasteiger partial charge in [0, 0.05) is 23.3 Å². The van der Waals surface area contributed by atoms with E-state index in [9.17, 15) is 4.79 Å². The van der Waals surface area contributed by atoms with Crippen LogP contribution in [0.5, 0.6) is 0 Å². The smallest absolute Gasteiger partial charge is 0.269 e. The number of rotatable bonds is 6. The minimum Gasteiger partial charge on any atom is -0.351 e. The van der Waals surface area contributed by atoms with E-state index in [0.717, 1.165) is 24.0 Å². The number of amides is 1. The van der Waals surface area contributed by atoms with Crippen molar-refractivity contribution in [3.05, 3.63) is 71.5 Å². The van der Waals surface area contributed by atoms with Gasteiger partial charge in [-0.05, 0) is 48.4 Å². The second-order valence-corrected chi connectivity index (χ2v) is 6.36. The maximum Gasteiger partial charge on any atom is 0.269 e. The highest BCUT2D eigenvalue weighted by Crippen LogP contribution is 2.31. The number of carbonyl (C=O) groups excluding carboxylic acids is 1. The maximum atomic E-state index is 12.4. The second kappa shape index (κ2) is 8.59. The first-order valence-corrected chi connectivity index (χ1v) is 9.03. The van der Waals surface area contributed by atoms with Crippen molar-refractivity contribution in [2.24, 2.45) is 0 Å². The van der Waals surface area contributed by atoms with E-state index in [4.69, 9.17) is 11.6 Å². The summed E-state index contributed by atoms with van der Waals surface area (Å²) in [6.45, 7) is 2.73. The fraction of sp³-hybridized carbons (Fsp3) is 0.190. The van der Waals surface area contributed by atoms with Gasteiger partial charge in [-0.15, -0.1) is 0 Å². The van der Waals surface area contributed by atoms with Crippen LogP contribution in [0.2, 0.25) is 5.02 Å². The van der Waals surface area contributed by atoms with Gasteiger partial charge in [-0.3, -0.25) is 9.78 Å². The zero-order valence-corrected chi connectivity index (χ0v) is 15.3. The van der Waals surface area contributed by atoms with Crippen LogP contribution in [0.1, 0.15) is 30.3 Å². The molecule has 1 amide bonds. The number of hydrogen-bond donors (Lipinski definition) is 1. The number of benzene rings is 1. The number of carbonyl (C=O) groups is 1. The van der Waals surface area contributed by atoms with Gasteiger partial charge in [0.05, 0.1) is 11.4 Å². The summed E-state index contributed by atoms with van der Waals surface area (Å²) < 4.78 is 0. The van der Waals surface area contributed by atoms with Crippen LogP contribution in [0, 0.1) is 0 Å². The molecule has 3 aromatic rings. The van der Waals surface area contributed by atoms with Gasteiger partial charge < -0.3 is 5.32 Å². The fourth-order valence-corrected chi connectivity index (χ4v) is 2.83. The molecule has 0 spiro atoms. The van der Waals surface area contributed by atoms with Crippen LogP contribution in [0.15, 0.2) is 60.8 Å². The molecule has 0 radical (unpaired) electrons. The number of nitrogens with zero attached hydrogens (tertiary/aromatic N) is 2. The van der Waals surface area contributed by atoms with Crippen LogP contribution in [-0.4, -0.2) is 22.4 Å². The van der Waals surface area contributed by atoms with Crippen molar-refractivity contribution in [1.82, 2.24) is 15.3 Å². The predicted molar refractivity (Wildman–Crippen MR) is 105 cm³/mol. The standard InChI is InChI=1S/C21H20ClN3O/c1-2-3-12-24-21(26)19-11-10-17(15-7-6-8-16(22)14-15)20(25-19)18-9-4-5-13-23-18/h4-11,13-14H,2-3,12H2,1H3,(H,24,26). The Morgan fingerprint density at radius 3 is 2.73 bits per heavy atom. The number of pyridine rings is 2. The molecular formula is C21H20ClN3O. The van der Waals surface area contributed by atoms with E-state index >= 15 is 0 Å². The highest BCUT2D eigenvalue weighted by molar-refractivity contribution is 6.30. The Kier molecular flexibility index (Phi) is 5.97. The Morgan fingerprint density at radius 2 is 2.00 bits per heavy atom. The third-order valence-corrected chi connectivity index (χ3v) is 4.22. The monoisotopic (exact) mass is 365 g/mol. The second-order valence-electron chi connectivity index (χ2n) is 5.93. The van der Waals surface area contributed by atoms with Crippen LogP contribution in [0.4, 0.5) is 0 Å². The molecule has 1 aromatic carbocycles. The first kappa shape index (κ1) is 18.1. The van der Waals surface area contributed by atoms with E-state index in [1.807, 2.05) is 48.5 Å². The SMILES string of the molecule is CCCCNC(=O)c1ccc(-c2cccc(Cl)c2)c(-c2ccccn2)n1. The Labute approximate surface area is 158 Å². The molecule has 0 unspecified atom stereocenters. The number of aromatic nitrogens is 2. The summed E-state index contributed by atoms with van der Waals surface area (Å²) in [6.07, 6.45) is 3.69. The number of nitrogens with one attached hydrogen (secondary N) is 1. The molecule has 5 heteroatoms. The molecule has 0 aliphatic heterocycles. The highest BCUT2D eigenvalue weighted by atomic mass is 35.5. The van der Waals surface area contributed by atoms with Gasteiger partial charge in [0.25, 0.3) is 5.91 Å². The summed E-state index contributed by atoms with van der Waals surface area (Å²) in [5.74, 6) is -0.173. The number of halogens is 1. The molecular weight excluding hydrogens is 346 g/mol. The zero-order valence-electron chi connectivity index (χ0n) is 14.6. The van der Waals surface area contributed by atoms with Crippen molar-refractivity contribution < 1.29 is 4.79 Å². The summed E-state index contributed by atoms with van der Waals surface area (Å²) in [5, 5.41) is 3.55. The normalized spacial score (nSPS) is 10.5. The zero-order chi connectivity index (χ0) is 18.4. The van der Waals surface area contributed by atoms with E-state index in [1.165, 1.54) is 0 Å². The van der Waals surface area contributed by atoms with Gasteiger partial charge in [-0.1, -0.05) is 43.1 Å². The van der Waals surface area contributed by atoms with Crippen molar-refractivity contribution >= 4 is 17.5 Å². The molecule has 2 aromatic heterocycles. The lowest BCUT2D eigenvalue weighted by atomic mass is 10.0. The topological polar surface area (TPSA) is 54.9 Å². The van der Waals surface area contributed by atoms with Crippen LogP contribution < -0.4 is 5.32 Å². The van der Waals surface area contributed by atoms with E-state index < -0.39 is 0 Å². The molecule has 1 N–H and O–H groups in total. The van der Waals surface area contributed by atoms with Gasteiger partial charge in [-0.2, -0.15) is 0 Å². The molecule has 0 atom stereocenters. The van der Waals surface area contributed by atoms with Crippen molar-refractivity contribution in [3.8, 4) is 22.5 Å². The van der Waals surface area contributed by atoms with E-state index in [-0.39, 0.29) is 5.91 Å². The van der Waals surface area contributed by atoms with Crippen molar-refractivity contribution in [2.45, 2.75) is 19.8 Å². The molecule has 0 aliphatic carbocycles. The minimum absolute atomic E-state index is 0.173. The lowest BCUT2D eigenvalue weighted by Gasteiger charge is -2.11. The van der Waals surface area contributed by atoms with Gasteiger partial charge >= 0.3 is 0 Å². The van der Waals surface area contributed by atoms with Crippen LogP contribution in [0.25, 0.3) is 22.5 Å². The highest BCUT2D eigenvalue weighted by Gasteiger charge is 2.15. The molecule has 0 saturated carbocycles. The molecule has 0 saturated heterocycles. The summed E-state index contributed by atoms with van der Waals surface area (Å²) in [6, 6.07) is 16.8. The molecule has 26 heavy (non-hydrogen) atoms. The van der Waals surface area contributed by atoms with Crippen molar-refractivity contribution in [1.29, 1.82) is 0 Å². The quantitative estimate of drug-likeness (QED) is 0.626. The maximum absolute atomic E-state index is 12.4. The summed E-state index contributed by atoms with van der Waals surface area (Å²) >= 11 is 6.15. The lowest BCUT2D eigenvalue weighted by Crippen LogP contribution is -2.25. The first-order chi connectivity index (χ1) is 12.7. The third-order valence-electron chi connectivity index (χ3n) is 3.99. The Morgan fingerprint density at radius 1 is 1.12 bits per heavy atom. The van der Waals surface area contributed by atoms with Gasteiger partial charge in [0.15, 0.2) is 0 Å². The van der Waals surface area contributed by atoms with Crippen LogP contribution in [-0.2, 0) is 0 Å². The summed E-state index contributed by atoms with van der Waals surface area (Å²) in [4.78, 5) is 21.4. The van der Waals surface area contributed by atoms with Crippen molar-refractivity contribution in [2.75, 3.05) is 6.54 Å². The minimum atomic E-state index is -0.173. The molecule has 132 valence electrons. The largest absolute Gasteiger partial charge is 0.351 e. The molecule has 3 rings (SSSR count). The molecule has 0 aliphatic rings. The Bertz CT molecular complexity index is 897. The third kappa shape index (κ3) is 4.27. The molecule has 2 heterocycles. The summed E-state index contributed by atoms with van der Waals surface area (Å²) in [5.41, 5.74) is 3.58. The number of hydrogen-bond acceptors (Lipinski definition) is 3. The molecule has 0 fully saturated rings. The summed E-state index contributed by atoms with van der Waals surface area (Å²) in [7, 11) is 0. The van der Waals surface area contributed by atoms with E-state index in [0.29, 0.717) is 28.6 Å². The van der Waals surface area contributed by atoms with Gasteiger partial charge in [0.2, 0.25) is 0 Å². The average molecular weight is 366 g/mol. The Balaban J connectivity index is 2.04. The van der Waals surface area contributed by atoms with Crippen LogP contribution in [0.3, 0.4) is 0 Å². The number of unbranched alkanes of at least 4 members (excludes halogenated alkanes) is 1. The van der Waals surface area contributed by atoms with Crippen LogP contribution >= 0.6 is 11.6 Å². The fourth-order valence-electron chi connectivity index (χ4n) is 2.64. The van der Waals surface area contributed by atoms with E-state index in [1.54, 1.807) is 12.3 Å². The van der Waals surface area contributed by atoms with Gasteiger partial charge in [-0.25, -0.2) is 4.98 Å². The van der Waals surface area contributed by atoms with Gasteiger partial charge in [0.1, 0.15) is 5.69 Å². The average Bonchev–Trinajstić information content (AvgIpc) is 2.68. The van der Waals surface area contributed by atoms with Crippen molar-refractivity contribution in [3.63, 3.8) is 0 Å². The Hall–Kier alpha value is -2.72. The first-order valence-electron chi connectivity index (χ1n) is 8.65. The predicted octanol–water partition coefficient (Wildman–Crippen LogP) is 4.99. The van der Waals surface area contributed by atoms with E-state index in [2.05, 4.69) is 22.2 Å².